The lowest BCUT2D eigenvalue weighted by molar-refractivity contribution is -0.132. The molecular formula is C10H13NO4. The number of carboxylic acids is 1. The van der Waals surface area contributed by atoms with Crippen molar-refractivity contribution in [2.45, 2.75) is 6.92 Å². The molecule has 0 spiro atoms. The molecule has 1 aliphatic rings. The molecule has 1 heterocycles. The van der Waals surface area contributed by atoms with Gasteiger partial charge in [0.25, 0.3) is 0 Å². The van der Waals surface area contributed by atoms with E-state index < -0.39 is 12.1 Å². The van der Waals surface area contributed by atoms with Gasteiger partial charge in [0, 0.05) is 18.7 Å². The van der Waals surface area contributed by atoms with Crippen LogP contribution in [-0.4, -0.2) is 41.8 Å². The Morgan fingerprint density at radius 1 is 1.60 bits per heavy atom. The van der Waals surface area contributed by atoms with Crippen LogP contribution in [-0.2, 0) is 9.53 Å². The topological polar surface area (TPSA) is 66.8 Å². The first-order valence-electron chi connectivity index (χ1n) is 4.50. The van der Waals surface area contributed by atoms with E-state index in [1.807, 2.05) is 0 Å². The van der Waals surface area contributed by atoms with Crippen molar-refractivity contribution >= 4 is 12.1 Å². The SMILES string of the molecule is C=CCOC(=O)N1CC(=C(C)C(=O)O)C1. The van der Waals surface area contributed by atoms with Gasteiger partial charge in [0.1, 0.15) is 6.61 Å². The fourth-order valence-corrected chi connectivity index (χ4v) is 1.15. The highest BCUT2D eigenvalue weighted by molar-refractivity contribution is 5.88. The number of hydrogen-bond acceptors (Lipinski definition) is 3. The molecule has 0 atom stereocenters. The molecule has 82 valence electrons. The summed E-state index contributed by atoms with van der Waals surface area (Å²) in [5, 5.41) is 8.68. The molecular weight excluding hydrogens is 198 g/mol. The molecule has 1 N–H and O–H groups in total. The van der Waals surface area contributed by atoms with Gasteiger partial charge in [0.05, 0.1) is 0 Å². The van der Waals surface area contributed by atoms with E-state index in [-0.39, 0.29) is 6.61 Å². The van der Waals surface area contributed by atoms with Crippen LogP contribution in [0.4, 0.5) is 4.79 Å². The van der Waals surface area contributed by atoms with Gasteiger partial charge in [-0.2, -0.15) is 0 Å². The van der Waals surface area contributed by atoms with Gasteiger partial charge in [-0.15, -0.1) is 0 Å². The number of carboxylic acid groups (broad SMARTS) is 1. The molecule has 1 aliphatic heterocycles. The van der Waals surface area contributed by atoms with Gasteiger partial charge in [-0.25, -0.2) is 9.59 Å². The Kier molecular flexibility index (Phi) is 3.49. The zero-order valence-electron chi connectivity index (χ0n) is 8.52. The minimum Gasteiger partial charge on any atom is -0.478 e. The van der Waals surface area contributed by atoms with E-state index in [1.54, 1.807) is 0 Å². The molecule has 1 saturated heterocycles. The van der Waals surface area contributed by atoms with E-state index in [0.29, 0.717) is 18.7 Å². The van der Waals surface area contributed by atoms with Crippen LogP contribution >= 0.6 is 0 Å². The second-order valence-corrected chi connectivity index (χ2v) is 3.26. The summed E-state index contributed by atoms with van der Waals surface area (Å²) in [6.07, 6.45) is 1.05. The average molecular weight is 211 g/mol. The Hall–Kier alpha value is -1.78. The third kappa shape index (κ3) is 2.59. The number of nitrogens with zero attached hydrogens (tertiary/aromatic N) is 1. The number of carbonyl (C=O) groups excluding carboxylic acids is 1. The fraction of sp³-hybridized carbons (Fsp3) is 0.400. The molecule has 0 bridgehead atoms. The molecule has 0 aromatic carbocycles. The Morgan fingerprint density at radius 2 is 2.20 bits per heavy atom. The van der Waals surface area contributed by atoms with Crippen molar-refractivity contribution in [2.75, 3.05) is 19.7 Å². The number of ether oxygens (including phenoxy) is 1. The van der Waals surface area contributed by atoms with E-state index in [0.717, 1.165) is 5.57 Å². The third-order valence-corrected chi connectivity index (χ3v) is 2.20. The van der Waals surface area contributed by atoms with E-state index in [1.165, 1.54) is 17.9 Å². The largest absolute Gasteiger partial charge is 0.478 e. The monoisotopic (exact) mass is 211 g/mol. The summed E-state index contributed by atoms with van der Waals surface area (Å²) in [6.45, 7) is 5.81. The van der Waals surface area contributed by atoms with E-state index >= 15 is 0 Å². The Morgan fingerprint density at radius 3 is 2.67 bits per heavy atom. The van der Waals surface area contributed by atoms with Crippen molar-refractivity contribution in [3.05, 3.63) is 23.8 Å². The summed E-state index contributed by atoms with van der Waals surface area (Å²) in [5.41, 5.74) is 1.07. The van der Waals surface area contributed by atoms with Crippen LogP contribution in [0.1, 0.15) is 6.92 Å². The van der Waals surface area contributed by atoms with Crippen LogP contribution in [0.15, 0.2) is 23.8 Å². The van der Waals surface area contributed by atoms with Gasteiger partial charge in [-0.3, -0.25) is 0 Å². The molecule has 5 nitrogen and oxygen atoms in total. The summed E-state index contributed by atoms with van der Waals surface area (Å²) in [5.74, 6) is -0.941. The number of likely N-dealkylation sites (tertiary alicyclic amines) is 1. The van der Waals surface area contributed by atoms with Crippen molar-refractivity contribution in [2.24, 2.45) is 0 Å². The first kappa shape index (κ1) is 11.3. The molecule has 1 amide bonds. The lowest BCUT2D eigenvalue weighted by atomic mass is 10.0. The summed E-state index contributed by atoms with van der Waals surface area (Å²) in [7, 11) is 0. The minimum atomic E-state index is -0.941. The molecule has 1 fully saturated rings. The van der Waals surface area contributed by atoms with Gasteiger partial charge in [0.2, 0.25) is 0 Å². The second-order valence-electron chi connectivity index (χ2n) is 3.26. The Balaban J connectivity index is 2.43. The fourth-order valence-electron chi connectivity index (χ4n) is 1.15. The second kappa shape index (κ2) is 4.63. The normalized spacial score (nSPS) is 14.2. The summed E-state index contributed by atoms with van der Waals surface area (Å²) < 4.78 is 4.78. The third-order valence-electron chi connectivity index (χ3n) is 2.20. The van der Waals surface area contributed by atoms with Gasteiger partial charge in [-0.05, 0) is 12.5 Å². The maximum Gasteiger partial charge on any atom is 0.410 e. The molecule has 5 heteroatoms. The maximum atomic E-state index is 11.2. The molecule has 1 rings (SSSR count). The summed E-state index contributed by atoms with van der Waals surface area (Å²) in [4.78, 5) is 23.2. The zero-order chi connectivity index (χ0) is 11.4. The highest BCUT2D eigenvalue weighted by Crippen LogP contribution is 2.19. The quantitative estimate of drug-likeness (QED) is 0.559. The van der Waals surface area contributed by atoms with Gasteiger partial charge in [-0.1, -0.05) is 12.7 Å². The zero-order valence-corrected chi connectivity index (χ0v) is 8.52. The number of amides is 1. The highest BCUT2D eigenvalue weighted by atomic mass is 16.6. The molecule has 0 aromatic heterocycles. The lowest BCUT2D eigenvalue weighted by Crippen LogP contribution is -2.45. The Bertz CT molecular complexity index is 324. The highest BCUT2D eigenvalue weighted by Gasteiger charge is 2.29. The van der Waals surface area contributed by atoms with Gasteiger partial charge >= 0.3 is 12.1 Å². The van der Waals surface area contributed by atoms with Crippen molar-refractivity contribution in [3.8, 4) is 0 Å². The first-order chi connectivity index (χ1) is 7.06. The van der Waals surface area contributed by atoms with Crippen molar-refractivity contribution in [1.82, 2.24) is 4.90 Å². The molecule has 0 unspecified atom stereocenters. The number of aliphatic carboxylic acids is 1. The molecule has 0 aliphatic carbocycles. The van der Waals surface area contributed by atoms with Crippen molar-refractivity contribution < 1.29 is 19.4 Å². The predicted molar refractivity (Wildman–Crippen MR) is 53.5 cm³/mol. The standard InChI is InChI=1S/C10H13NO4/c1-3-4-15-10(14)11-5-8(6-11)7(2)9(12)13/h3H,1,4-6H2,2H3,(H,12,13). The summed E-state index contributed by atoms with van der Waals surface area (Å²) >= 11 is 0. The van der Waals surface area contributed by atoms with Gasteiger partial charge < -0.3 is 14.7 Å². The van der Waals surface area contributed by atoms with Crippen LogP contribution in [0.25, 0.3) is 0 Å². The van der Waals surface area contributed by atoms with E-state index in [9.17, 15) is 9.59 Å². The van der Waals surface area contributed by atoms with Crippen molar-refractivity contribution in [1.29, 1.82) is 0 Å². The Labute approximate surface area is 87.6 Å². The molecule has 0 saturated carbocycles. The lowest BCUT2D eigenvalue weighted by Gasteiger charge is -2.33. The van der Waals surface area contributed by atoms with Crippen LogP contribution in [0.5, 0.6) is 0 Å². The molecule has 0 aromatic rings. The van der Waals surface area contributed by atoms with Crippen LogP contribution < -0.4 is 0 Å². The van der Waals surface area contributed by atoms with E-state index in [4.69, 9.17) is 9.84 Å². The molecule has 0 radical (unpaired) electrons. The number of carbonyl (C=O) groups is 2. The van der Waals surface area contributed by atoms with Crippen LogP contribution in [0.2, 0.25) is 0 Å². The summed E-state index contributed by atoms with van der Waals surface area (Å²) in [6, 6.07) is 0. The van der Waals surface area contributed by atoms with Crippen LogP contribution in [0.3, 0.4) is 0 Å². The first-order valence-corrected chi connectivity index (χ1v) is 4.50. The van der Waals surface area contributed by atoms with Crippen molar-refractivity contribution in [3.63, 3.8) is 0 Å². The number of hydrogen-bond donors (Lipinski definition) is 1. The minimum absolute atomic E-state index is 0.173. The maximum absolute atomic E-state index is 11.2. The van der Waals surface area contributed by atoms with Gasteiger partial charge in [0.15, 0.2) is 0 Å². The molecule has 15 heavy (non-hydrogen) atoms. The smallest absolute Gasteiger partial charge is 0.410 e. The van der Waals surface area contributed by atoms with E-state index in [2.05, 4.69) is 6.58 Å². The number of rotatable bonds is 3. The average Bonchev–Trinajstić information content (AvgIpc) is 2.11. The van der Waals surface area contributed by atoms with Crippen LogP contribution in [0, 0.1) is 0 Å². The predicted octanol–water partition coefficient (Wildman–Crippen LogP) is 1.03.